The SMILES string of the molecule is c1ccc2c(c1)OCCC2Cc1nc(C2CC2)no1. The molecule has 0 bridgehead atoms. The minimum atomic E-state index is 0.428. The number of hydrogen-bond acceptors (Lipinski definition) is 4. The van der Waals surface area contributed by atoms with Crippen LogP contribution in [0.2, 0.25) is 0 Å². The van der Waals surface area contributed by atoms with Gasteiger partial charge in [-0.15, -0.1) is 0 Å². The first-order valence-electron chi connectivity index (χ1n) is 6.94. The van der Waals surface area contributed by atoms with Crippen LogP contribution in [-0.4, -0.2) is 16.7 Å². The lowest BCUT2D eigenvalue weighted by Crippen LogP contribution is -2.16. The number of benzene rings is 1. The molecule has 4 nitrogen and oxygen atoms in total. The molecule has 2 heterocycles. The lowest BCUT2D eigenvalue weighted by atomic mass is 9.90. The smallest absolute Gasteiger partial charge is 0.227 e. The summed E-state index contributed by atoms with van der Waals surface area (Å²) in [5, 5.41) is 4.08. The van der Waals surface area contributed by atoms with Crippen LogP contribution in [0.5, 0.6) is 5.75 Å². The summed E-state index contributed by atoms with van der Waals surface area (Å²) in [6.07, 6.45) is 4.25. The van der Waals surface area contributed by atoms with Crippen LogP contribution in [0, 0.1) is 0 Å². The second-order valence-corrected chi connectivity index (χ2v) is 5.40. The minimum absolute atomic E-state index is 0.428. The summed E-state index contributed by atoms with van der Waals surface area (Å²) in [5.41, 5.74) is 1.26. The normalized spacial score (nSPS) is 21.8. The predicted octanol–water partition coefficient (Wildman–Crippen LogP) is 3.06. The number of fused-ring (bicyclic) bond motifs is 1. The summed E-state index contributed by atoms with van der Waals surface area (Å²) in [7, 11) is 0. The van der Waals surface area contributed by atoms with E-state index in [4.69, 9.17) is 9.26 Å². The molecular weight excluding hydrogens is 240 g/mol. The quantitative estimate of drug-likeness (QED) is 0.846. The number of rotatable bonds is 3. The van der Waals surface area contributed by atoms with E-state index in [-0.39, 0.29) is 0 Å². The van der Waals surface area contributed by atoms with Crippen LogP contribution in [0.25, 0.3) is 0 Å². The molecule has 1 aromatic carbocycles. The van der Waals surface area contributed by atoms with E-state index in [0.717, 1.165) is 36.9 Å². The van der Waals surface area contributed by atoms with Gasteiger partial charge in [-0.25, -0.2) is 0 Å². The Kier molecular flexibility index (Phi) is 2.53. The number of hydrogen-bond donors (Lipinski definition) is 0. The average molecular weight is 256 g/mol. The van der Waals surface area contributed by atoms with Crippen molar-refractivity contribution in [1.82, 2.24) is 10.1 Å². The molecular formula is C15H16N2O2. The molecule has 1 aliphatic heterocycles. The van der Waals surface area contributed by atoms with Crippen molar-refractivity contribution < 1.29 is 9.26 Å². The summed E-state index contributed by atoms with van der Waals surface area (Å²) in [6.45, 7) is 0.769. The van der Waals surface area contributed by atoms with Crippen LogP contribution in [0.4, 0.5) is 0 Å². The van der Waals surface area contributed by atoms with Crippen LogP contribution < -0.4 is 4.74 Å². The van der Waals surface area contributed by atoms with Crippen molar-refractivity contribution in [3.8, 4) is 5.75 Å². The van der Waals surface area contributed by atoms with Gasteiger partial charge < -0.3 is 9.26 Å². The van der Waals surface area contributed by atoms with Gasteiger partial charge in [0, 0.05) is 12.3 Å². The standard InChI is InChI=1S/C15H16N2O2/c1-2-4-13-12(3-1)11(7-8-18-13)9-14-16-15(17-19-14)10-5-6-10/h1-4,10-11H,5-9H2. The molecule has 98 valence electrons. The Hall–Kier alpha value is -1.84. The lowest BCUT2D eigenvalue weighted by Gasteiger charge is -2.24. The number of para-hydroxylation sites is 1. The molecule has 2 aromatic rings. The van der Waals surface area contributed by atoms with Gasteiger partial charge in [-0.3, -0.25) is 0 Å². The van der Waals surface area contributed by atoms with Gasteiger partial charge in [-0.1, -0.05) is 23.4 Å². The molecule has 1 aliphatic carbocycles. The Bertz CT molecular complexity index is 589. The zero-order valence-electron chi connectivity index (χ0n) is 10.7. The Morgan fingerprint density at radius 3 is 2.95 bits per heavy atom. The topological polar surface area (TPSA) is 48.2 Å². The lowest BCUT2D eigenvalue weighted by molar-refractivity contribution is 0.259. The fourth-order valence-electron chi connectivity index (χ4n) is 2.70. The minimum Gasteiger partial charge on any atom is -0.493 e. The van der Waals surface area contributed by atoms with Crippen LogP contribution in [0.15, 0.2) is 28.8 Å². The number of aromatic nitrogens is 2. The van der Waals surface area contributed by atoms with E-state index in [1.54, 1.807) is 0 Å². The fraction of sp³-hybridized carbons (Fsp3) is 0.467. The average Bonchev–Trinajstić information content (AvgIpc) is 3.20. The van der Waals surface area contributed by atoms with E-state index in [9.17, 15) is 0 Å². The summed E-state index contributed by atoms with van der Waals surface area (Å²) in [5.74, 6) is 3.65. The molecule has 4 rings (SSSR count). The van der Waals surface area contributed by atoms with Crippen LogP contribution in [-0.2, 0) is 6.42 Å². The summed E-state index contributed by atoms with van der Waals surface area (Å²) in [6, 6.07) is 8.24. The van der Waals surface area contributed by atoms with Gasteiger partial charge in [-0.2, -0.15) is 4.98 Å². The largest absolute Gasteiger partial charge is 0.493 e. The molecule has 0 amide bonds. The maximum atomic E-state index is 5.68. The third kappa shape index (κ3) is 2.11. The van der Waals surface area contributed by atoms with Crippen molar-refractivity contribution in [2.45, 2.75) is 37.5 Å². The second kappa shape index (κ2) is 4.37. The molecule has 0 N–H and O–H groups in total. The van der Waals surface area contributed by atoms with Crippen molar-refractivity contribution in [1.29, 1.82) is 0 Å². The maximum absolute atomic E-state index is 5.68. The van der Waals surface area contributed by atoms with E-state index >= 15 is 0 Å². The summed E-state index contributed by atoms with van der Waals surface area (Å²) >= 11 is 0. The third-order valence-corrected chi connectivity index (χ3v) is 3.93. The molecule has 0 saturated heterocycles. The van der Waals surface area contributed by atoms with Crippen molar-refractivity contribution in [2.75, 3.05) is 6.61 Å². The van der Waals surface area contributed by atoms with E-state index in [1.807, 2.05) is 12.1 Å². The Labute approximate surface area is 111 Å². The highest BCUT2D eigenvalue weighted by atomic mass is 16.5. The molecule has 1 aromatic heterocycles. The first kappa shape index (κ1) is 11.0. The Morgan fingerprint density at radius 1 is 1.16 bits per heavy atom. The highest BCUT2D eigenvalue weighted by Crippen LogP contribution is 2.39. The van der Waals surface area contributed by atoms with Crippen molar-refractivity contribution in [2.24, 2.45) is 0 Å². The number of nitrogens with zero attached hydrogens (tertiary/aromatic N) is 2. The van der Waals surface area contributed by atoms with Crippen molar-refractivity contribution >= 4 is 0 Å². The van der Waals surface area contributed by atoms with Crippen LogP contribution in [0.1, 0.15) is 48.4 Å². The van der Waals surface area contributed by atoms with E-state index in [0.29, 0.717) is 11.8 Å². The monoisotopic (exact) mass is 256 g/mol. The van der Waals surface area contributed by atoms with Crippen LogP contribution in [0.3, 0.4) is 0 Å². The predicted molar refractivity (Wildman–Crippen MR) is 69.3 cm³/mol. The second-order valence-electron chi connectivity index (χ2n) is 5.40. The highest BCUT2D eigenvalue weighted by Gasteiger charge is 2.30. The summed E-state index contributed by atoms with van der Waals surface area (Å²) in [4.78, 5) is 4.52. The number of ether oxygens (including phenoxy) is 1. The molecule has 1 saturated carbocycles. The van der Waals surface area contributed by atoms with Gasteiger partial charge in [-0.05, 0) is 36.8 Å². The fourth-order valence-corrected chi connectivity index (χ4v) is 2.70. The first-order chi connectivity index (χ1) is 9.40. The molecule has 1 fully saturated rings. The van der Waals surface area contributed by atoms with Gasteiger partial charge in [0.25, 0.3) is 0 Å². The van der Waals surface area contributed by atoms with E-state index in [2.05, 4.69) is 22.3 Å². The van der Waals surface area contributed by atoms with Gasteiger partial charge in [0.05, 0.1) is 6.61 Å². The van der Waals surface area contributed by atoms with Gasteiger partial charge in [0.2, 0.25) is 5.89 Å². The van der Waals surface area contributed by atoms with Crippen molar-refractivity contribution in [3.05, 3.63) is 41.5 Å². The van der Waals surface area contributed by atoms with E-state index in [1.165, 1.54) is 18.4 Å². The first-order valence-corrected chi connectivity index (χ1v) is 6.94. The van der Waals surface area contributed by atoms with Gasteiger partial charge in [0.15, 0.2) is 5.82 Å². The molecule has 1 atom stereocenters. The zero-order valence-corrected chi connectivity index (χ0v) is 10.7. The van der Waals surface area contributed by atoms with Gasteiger partial charge >= 0.3 is 0 Å². The molecule has 19 heavy (non-hydrogen) atoms. The Morgan fingerprint density at radius 2 is 2.05 bits per heavy atom. The zero-order chi connectivity index (χ0) is 12.7. The third-order valence-electron chi connectivity index (χ3n) is 3.93. The molecule has 0 spiro atoms. The van der Waals surface area contributed by atoms with Gasteiger partial charge in [0.1, 0.15) is 5.75 Å². The van der Waals surface area contributed by atoms with E-state index < -0.39 is 0 Å². The molecule has 1 unspecified atom stereocenters. The summed E-state index contributed by atoms with van der Waals surface area (Å²) < 4.78 is 11.1. The maximum Gasteiger partial charge on any atom is 0.227 e. The molecule has 0 radical (unpaired) electrons. The van der Waals surface area contributed by atoms with Crippen molar-refractivity contribution in [3.63, 3.8) is 0 Å². The Balaban J connectivity index is 1.56. The van der Waals surface area contributed by atoms with Crippen LogP contribution >= 0.6 is 0 Å². The highest BCUT2D eigenvalue weighted by molar-refractivity contribution is 5.38. The molecule has 2 aliphatic rings. The molecule has 4 heteroatoms.